The van der Waals surface area contributed by atoms with Crippen molar-refractivity contribution in [3.05, 3.63) is 47.3 Å². The summed E-state index contributed by atoms with van der Waals surface area (Å²) in [6.07, 6.45) is 4.64. The minimum atomic E-state index is -0.253. The van der Waals surface area contributed by atoms with Crippen LogP contribution in [0.25, 0.3) is 0 Å². The molecular weight excluding hydrogens is 352 g/mol. The molecule has 0 aliphatic carbocycles. The highest BCUT2D eigenvalue weighted by atomic mass is 16.5. The summed E-state index contributed by atoms with van der Waals surface area (Å²) in [5, 5.41) is 0. The second-order valence-corrected chi connectivity index (χ2v) is 5.66. The van der Waals surface area contributed by atoms with Crippen molar-refractivity contribution in [3.8, 4) is 0 Å². The highest BCUT2D eigenvalue weighted by Gasteiger charge is 2.05. The van der Waals surface area contributed by atoms with Gasteiger partial charge in [-0.15, -0.1) is 0 Å². The quantitative estimate of drug-likeness (QED) is 0.326. The van der Waals surface area contributed by atoms with Crippen LogP contribution >= 0.6 is 0 Å². The lowest BCUT2D eigenvalue weighted by Crippen LogP contribution is -2.02. The van der Waals surface area contributed by atoms with Crippen molar-refractivity contribution >= 4 is 18.5 Å². The Hall–Kier alpha value is -2.67. The largest absolute Gasteiger partial charge is 0.457 e. The Bertz CT molecular complexity index is 684. The Morgan fingerprint density at radius 3 is 2.00 bits per heavy atom. The first kappa shape index (κ1) is 22.4. The van der Waals surface area contributed by atoms with Crippen molar-refractivity contribution in [1.29, 1.82) is 0 Å². The molecular formula is C20H26O7. The maximum Gasteiger partial charge on any atom is 0.306 e. The molecule has 0 saturated carbocycles. The number of rotatable bonds is 11. The van der Waals surface area contributed by atoms with E-state index < -0.39 is 0 Å². The van der Waals surface area contributed by atoms with E-state index in [2.05, 4.69) is 6.92 Å². The van der Waals surface area contributed by atoms with Crippen LogP contribution in [0.3, 0.4) is 0 Å². The fraction of sp³-hybridized carbons (Fsp3) is 0.450. The van der Waals surface area contributed by atoms with Gasteiger partial charge in [0.05, 0.1) is 0 Å². The van der Waals surface area contributed by atoms with Gasteiger partial charge in [-0.2, -0.15) is 0 Å². The first-order valence-electron chi connectivity index (χ1n) is 8.94. The molecule has 0 saturated heterocycles. The summed E-state index contributed by atoms with van der Waals surface area (Å²) >= 11 is 0. The molecule has 2 heterocycles. The summed E-state index contributed by atoms with van der Waals surface area (Å²) in [7, 11) is 0. The third-order valence-corrected chi connectivity index (χ3v) is 3.31. The SMILES string of the molecule is CCCC(=O)OCc1ccc(C=O)o1.CCCCOCc1ccc(C=O)o1. The maximum absolute atomic E-state index is 11.0. The second-order valence-electron chi connectivity index (χ2n) is 5.66. The van der Waals surface area contributed by atoms with Gasteiger partial charge in [0, 0.05) is 13.0 Å². The summed E-state index contributed by atoms with van der Waals surface area (Å²) in [6, 6.07) is 6.56. The molecule has 7 heteroatoms. The zero-order chi connectivity index (χ0) is 19.9. The number of hydrogen-bond donors (Lipinski definition) is 0. The number of carbonyl (C=O) groups is 3. The van der Waals surface area contributed by atoms with Crippen LogP contribution in [0.5, 0.6) is 0 Å². The van der Waals surface area contributed by atoms with Gasteiger partial charge in [-0.1, -0.05) is 20.3 Å². The van der Waals surface area contributed by atoms with Crippen LogP contribution in [0.15, 0.2) is 33.1 Å². The molecule has 2 rings (SSSR count). The van der Waals surface area contributed by atoms with Crippen LogP contribution in [-0.4, -0.2) is 25.1 Å². The smallest absolute Gasteiger partial charge is 0.306 e. The van der Waals surface area contributed by atoms with Gasteiger partial charge >= 0.3 is 5.97 Å². The number of unbranched alkanes of at least 4 members (excludes halogenated alkanes) is 1. The number of esters is 1. The molecule has 0 aromatic carbocycles. The van der Waals surface area contributed by atoms with Gasteiger partial charge in [0.15, 0.2) is 24.1 Å². The number of carbonyl (C=O) groups excluding carboxylic acids is 3. The van der Waals surface area contributed by atoms with Gasteiger partial charge in [-0.3, -0.25) is 14.4 Å². The van der Waals surface area contributed by atoms with Crippen LogP contribution in [0.4, 0.5) is 0 Å². The van der Waals surface area contributed by atoms with Gasteiger partial charge < -0.3 is 18.3 Å². The summed E-state index contributed by atoms with van der Waals surface area (Å²) < 4.78 is 20.3. The average molecular weight is 378 g/mol. The molecule has 27 heavy (non-hydrogen) atoms. The topological polar surface area (TPSA) is 96.0 Å². The third kappa shape index (κ3) is 9.55. The first-order valence-corrected chi connectivity index (χ1v) is 8.94. The van der Waals surface area contributed by atoms with E-state index in [4.69, 9.17) is 18.3 Å². The van der Waals surface area contributed by atoms with Crippen molar-refractivity contribution in [1.82, 2.24) is 0 Å². The van der Waals surface area contributed by atoms with Gasteiger partial charge in [0.1, 0.15) is 24.7 Å². The molecule has 0 unspecified atom stereocenters. The Morgan fingerprint density at radius 2 is 1.52 bits per heavy atom. The molecule has 0 radical (unpaired) electrons. The summed E-state index contributed by atoms with van der Waals surface area (Å²) in [6.45, 7) is 5.30. The van der Waals surface area contributed by atoms with E-state index in [1.165, 1.54) is 6.07 Å². The summed E-state index contributed by atoms with van der Waals surface area (Å²) in [5.74, 6) is 1.53. The molecule has 7 nitrogen and oxygen atoms in total. The molecule has 148 valence electrons. The predicted octanol–water partition coefficient (Wildman–Crippen LogP) is 4.34. The molecule has 0 spiro atoms. The highest BCUT2D eigenvalue weighted by molar-refractivity contribution is 5.71. The van der Waals surface area contributed by atoms with Crippen molar-refractivity contribution in [3.63, 3.8) is 0 Å². The van der Waals surface area contributed by atoms with Crippen LogP contribution in [0.2, 0.25) is 0 Å². The minimum Gasteiger partial charge on any atom is -0.457 e. The fourth-order valence-electron chi connectivity index (χ4n) is 1.92. The van der Waals surface area contributed by atoms with E-state index in [1.54, 1.807) is 18.2 Å². The Balaban J connectivity index is 0.000000271. The Morgan fingerprint density at radius 1 is 0.926 bits per heavy atom. The average Bonchev–Trinajstić information content (AvgIpc) is 3.33. The van der Waals surface area contributed by atoms with Crippen molar-refractivity contribution in [2.45, 2.75) is 52.7 Å². The van der Waals surface area contributed by atoms with E-state index in [1.807, 2.05) is 6.92 Å². The van der Waals surface area contributed by atoms with E-state index in [9.17, 15) is 14.4 Å². The van der Waals surface area contributed by atoms with E-state index in [-0.39, 0.29) is 18.3 Å². The van der Waals surface area contributed by atoms with E-state index in [0.29, 0.717) is 42.9 Å². The number of furan rings is 2. The van der Waals surface area contributed by atoms with Crippen molar-refractivity contribution in [2.24, 2.45) is 0 Å². The van der Waals surface area contributed by atoms with E-state index >= 15 is 0 Å². The molecule has 2 aromatic heterocycles. The molecule has 0 N–H and O–H groups in total. The third-order valence-electron chi connectivity index (χ3n) is 3.31. The molecule has 0 fully saturated rings. The summed E-state index contributed by atoms with van der Waals surface area (Å²) in [5.41, 5.74) is 0. The fourth-order valence-corrected chi connectivity index (χ4v) is 1.92. The lowest BCUT2D eigenvalue weighted by molar-refractivity contribution is -0.145. The van der Waals surface area contributed by atoms with Crippen molar-refractivity contribution < 1.29 is 32.7 Å². The first-order chi connectivity index (χ1) is 13.1. The van der Waals surface area contributed by atoms with E-state index in [0.717, 1.165) is 25.9 Å². The Labute approximate surface area is 158 Å². The molecule has 0 amide bonds. The normalized spacial score (nSPS) is 10.0. The zero-order valence-corrected chi connectivity index (χ0v) is 15.8. The van der Waals surface area contributed by atoms with Crippen LogP contribution in [0.1, 0.15) is 72.2 Å². The Kier molecular flexibility index (Phi) is 11.2. The molecule has 2 aromatic rings. The monoisotopic (exact) mass is 378 g/mol. The second kappa shape index (κ2) is 13.5. The van der Waals surface area contributed by atoms with Gasteiger partial charge in [-0.05, 0) is 37.1 Å². The maximum atomic E-state index is 11.0. The van der Waals surface area contributed by atoms with Crippen molar-refractivity contribution in [2.75, 3.05) is 6.61 Å². The zero-order valence-electron chi connectivity index (χ0n) is 15.8. The van der Waals surface area contributed by atoms with Crippen LogP contribution in [0, 0.1) is 0 Å². The summed E-state index contributed by atoms with van der Waals surface area (Å²) in [4.78, 5) is 31.5. The lowest BCUT2D eigenvalue weighted by atomic mass is 10.3. The molecule has 0 bridgehead atoms. The van der Waals surface area contributed by atoms with Gasteiger partial charge in [0.25, 0.3) is 0 Å². The van der Waals surface area contributed by atoms with Gasteiger partial charge in [-0.25, -0.2) is 0 Å². The molecule has 0 atom stereocenters. The molecule has 0 aliphatic heterocycles. The van der Waals surface area contributed by atoms with Crippen LogP contribution < -0.4 is 0 Å². The van der Waals surface area contributed by atoms with Crippen LogP contribution in [-0.2, 0) is 27.5 Å². The molecule has 0 aliphatic rings. The highest BCUT2D eigenvalue weighted by Crippen LogP contribution is 2.08. The standard InChI is InChI=1S/C10H12O4.C10H14O3/c1-2-3-10(12)13-7-9-5-4-8(6-11)14-9;1-2-3-6-12-8-10-5-4-9(7-11)13-10/h4-6H,2-3,7H2,1H3;4-5,7H,2-3,6,8H2,1H3. The minimum absolute atomic E-state index is 0.0900. The number of ether oxygens (including phenoxy) is 2. The lowest BCUT2D eigenvalue weighted by Gasteiger charge is -2.00. The number of aldehydes is 2. The number of hydrogen-bond acceptors (Lipinski definition) is 7. The van der Waals surface area contributed by atoms with Gasteiger partial charge in [0.2, 0.25) is 0 Å². The predicted molar refractivity (Wildman–Crippen MR) is 97.5 cm³/mol.